The lowest BCUT2D eigenvalue weighted by molar-refractivity contribution is 0.615. The number of nitrogens with zero attached hydrogens (tertiary/aromatic N) is 2. The van der Waals surface area contributed by atoms with Crippen LogP contribution in [0.3, 0.4) is 0 Å². The van der Waals surface area contributed by atoms with Crippen LogP contribution >= 0.6 is 0 Å². The van der Waals surface area contributed by atoms with Crippen LogP contribution in [0.1, 0.15) is 12.1 Å². The second-order valence-electron chi connectivity index (χ2n) is 5.36. The molecule has 1 aromatic heterocycles. The third kappa shape index (κ3) is 1.70. The summed E-state index contributed by atoms with van der Waals surface area (Å²) in [5.41, 5.74) is 3.55. The fraction of sp³-hybridized carbons (Fsp3) is 0.235. The van der Waals surface area contributed by atoms with E-state index >= 15 is 0 Å². The summed E-state index contributed by atoms with van der Waals surface area (Å²) in [4.78, 5) is 4.78. The number of hydrogen-bond acceptors (Lipinski definition) is 2. The first-order valence-electron chi connectivity index (χ1n) is 7.13. The molecule has 0 bridgehead atoms. The van der Waals surface area contributed by atoms with Gasteiger partial charge in [-0.05, 0) is 30.2 Å². The first kappa shape index (κ1) is 11.5. The van der Waals surface area contributed by atoms with E-state index in [-0.39, 0.29) is 0 Å². The van der Waals surface area contributed by atoms with Crippen LogP contribution in [0.4, 0.5) is 5.95 Å². The SMILES string of the molecule is Cc1c(-c2ccc3ccccc3c2)nc2n1CCCN2. The Morgan fingerprint density at radius 1 is 1.10 bits per heavy atom. The summed E-state index contributed by atoms with van der Waals surface area (Å²) in [5.74, 6) is 1.01. The topological polar surface area (TPSA) is 29.9 Å². The molecule has 0 saturated heterocycles. The van der Waals surface area contributed by atoms with E-state index < -0.39 is 0 Å². The van der Waals surface area contributed by atoms with Gasteiger partial charge in [0.1, 0.15) is 0 Å². The van der Waals surface area contributed by atoms with Crippen LogP contribution in [-0.2, 0) is 6.54 Å². The molecular formula is C17H17N3. The van der Waals surface area contributed by atoms with Gasteiger partial charge in [-0.3, -0.25) is 0 Å². The first-order valence-corrected chi connectivity index (χ1v) is 7.13. The largest absolute Gasteiger partial charge is 0.356 e. The van der Waals surface area contributed by atoms with E-state index in [2.05, 4.69) is 59.3 Å². The highest BCUT2D eigenvalue weighted by atomic mass is 15.2. The van der Waals surface area contributed by atoms with Gasteiger partial charge in [0.2, 0.25) is 5.95 Å². The molecule has 3 aromatic rings. The van der Waals surface area contributed by atoms with Crippen LogP contribution in [0.5, 0.6) is 0 Å². The molecule has 1 N–H and O–H groups in total. The standard InChI is InChI=1S/C17H17N3/c1-12-16(19-17-18-9-4-10-20(12)17)15-8-7-13-5-2-3-6-14(13)11-15/h2-3,5-8,11H,4,9-10H2,1H3,(H,18,19). The molecular weight excluding hydrogens is 246 g/mol. The molecule has 0 radical (unpaired) electrons. The van der Waals surface area contributed by atoms with Gasteiger partial charge >= 0.3 is 0 Å². The summed E-state index contributed by atoms with van der Waals surface area (Å²) in [6.07, 6.45) is 1.17. The number of nitrogens with one attached hydrogen (secondary N) is 1. The second kappa shape index (κ2) is 4.37. The molecule has 1 aliphatic rings. The predicted molar refractivity (Wildman–Crippen MR) is 83.0 cm³/mol. The van der Waals surface area contributed by atoms with Crippen molar-refractivity contribution in [1.29, 1.82) is 0 Å². The Bertz CT molecular complexity index is 786. The summed E-state index contributed by atoms with van der Waals surface area (Å²) in [5, 5.41) is 5.92. The number of rotatable bonds is 1. The average molecular weight is 263 g/mol. The van der Waals surface area contributed by atoms with Crippen molar-refractivity contribution in [2.24, 2.45) is 0 Å². The van der Waals surface area contributed by atoms with Gasteiger partial charge in [-0.2, -0.15) is 0 Å². The Hall–Kier alpha value is -2.29. The maximum Gasteiger partial charge on any atom is 0.203 e. The minimum atomic E-state index is 1.01. The summed E-state index contributed by atoms with van der Waals surface area (Å²) in [6.45, 7) is 4.25. The van der Waals surface area contributed by atoms with Crippen molar-refractivity contribution in [2.45, 2.75) is 19.9 Å². The highest BCUT2D eigenvalue weighted by molar-refractivity contribution is 5.87. The maximum atomic E-state index is 4.78. The van der Waals surface area contributed by atoms with Crippen LogP contribution in [0, 0.1) is 6.92 Å². The molecule has 100 valence electrons. The quantitative estimate of drug-likeness (QED) is 0.723. The predicted octanol–water partition coefficient (Wildman–Crippen LogP) is 3.83. The zero-order valence-electron chi connectivity index (χ0n) is 11.6. The van der Waals surface area contributed by atoms with Gasteiger partial charge < -0.3 is 9.88 Å². The van der Waals surface area contributed by atoms with Crippen LogP contribution in [0.25, 0.3) is 22.0 Å². The molecule has 20 heavy (non-hydrogen) atoms. The lowest BCUT2D eigenvalue weighted by Crippen LogP contribution is -2.17. The first-order chi connectivity index (χ1) is 9.83. The zero-order chi connectivity index (χ0) is 13.5. The number of benzene rings is 2. The van der Waals surface area contributed by atoms with E-state index in [9.17, 15) is 0 Å². The molecule has 3 heteroatoms. The molecule has 0 aliphatic carbocycles. The van der Waals surface area contributed by atoms with Gasteiger partial charge in [0.25, 0.3) is 0 Å². The van der Waals surface area contributed by atoms with Gasteiger partial charge in [-0.25, -0.2) is 4.98 Å². The smallest absolute Gasteiger partial charge is 0.203 e. The van der Waals surface area contributed by atoms with E-state index in [1.54, 1.807) is 0 Å². The Morgan fingerprint density at radius 3 is 2.80 bits per heavy atom. The Balaban J connectivity index is 1.88. The number of fused-ring (bicyclic) bond motifs is 2. The fourth-order valence-corrected chi connectivity index (χ4v) is 2.99. The summed E-state index contributed by atoms with van der Waals surface area (Å²) in [6, 6.07) is 15.0. The van der Waals surface area contributed by atoms with E-state index in [1.807, 2.05) is 0 Å². The minimum absolute atomic E-state index is 1.01. The van der Waals surface area contributed by atoms with Crippen molar-refractivity contribution in [1.82, 2.24) is 9.55 Å². The van der Waals surface area contributed by atoms with E-state index in [0.29, 0.717) is 0 Å². The van der Waals surface area contributed by atoms with Crippen molar-refractivity contribution in [2.75, 3.05) is 11.9 Å². The van der Waals surface area contributed by atoms with Crippen molar-refractivity contribution in [3.8, 4) is 11.3 Å². The molecule has 2 aromatic carbocycles. The number of imidazole rings is 1. The molecule has 0 amide bonds. The van der Waals surface area contributed by atoms with Crippen molar-refractivity contribution >= 4 is 16.7 Å². The van der Waals surface area contributed by atoms with Gasteiger partial charge in [-0.1, -0.05) is 36.4 Å². The minimum Gasteiger partial charge on any atom is -0.356 e. The van der Waals surface area contributed by atoms with Crippen LogP contribution < -0.4 is 5.32 Å². The molecule has 0 saturated carbocycles. The second-order valence-corrected chi connectivity index (χ2v) is 5.36. The van der Waals surface area contributed by atoms with Crippen LogP contribution in [0.2, 0.25) is 0 Å². The third-order valence-corrected chi connectivity index (χ3v) is 4.09. The monoisotopic (exact) mass is 263 g/mol. The molecule has 1 aliphatic heterocycles. The van der Waals surface area contributed by atoms with E-state index in [4.69, 9.17) is 4.98 Å². The molecule has 4 rings (SSSR count). The summed E-state index contributed by atoms with van der Waals surface area (Å²) < 4.78 is 2.29. The van der Waals surface area contributed by atoms with Gasteiger partial charge in [0.05, 0.1) is 5.69 Å². The Kier molecular flexibility index (Phi) is 2.52. The highest BCUT2D eigenvalue weighted by Crippen LogP contribution is 2.29. The van der Waals surface area contributed by atoms with Gasteiger partial charge in [-0.15, -0.1) is 0 Å². The molecule has 3 nitrogen and oxygen atoms in total. The number of aromatic nitrogens is 2. The normalized spacial score (nSPS) is 14.1. The molecule has 0 fully saturated rings. The number of anilines is 1. The van der Waals surface area contributed by atoms with Gasteiger partial charge in [0, 0.05) is 24.3 Å². The Labute approximate surface area is 118 Å². The lowest BCUT2D eigenvalue weighted by Gasteiger charge is -2.16. The number of hydrogen-bond donors (Lipinski definition) is 1. The van der Waals surface area contributed by atoms with Gasteiger partial charge in [0.15, 0.2) is 0 Å². The summed E-state index contributed by atoms with van der Waals surface area (Å²) in [7, 11) is 0. The van der Waals surface area contributed by atoms with Crippen molar-refractivity contribution in [3.05, 3.63) is 48.2 Å². The molecule has 0 spiro atoms. The van der Waals surface area contributed by atoms with E-state index in [0.717, 1.165) is 24.7 Å². The fourth-order valence-electron chi connectivity index (χ4n) is 2.99. The van der Waals surface area contributed by atoms with Crippen LogP contribution in [0.15, 0.2) is 42.5 Å². The Morgan fingerprint density at radius 2 is 1.95 bits per heavy atom. The highest BCUT2D eigenvalue weighted by Gasteiger charge is 2.17. The average Bonchev–Trinajstić information content (AvgIpc) is 2.84. The van der Waals surface area contributed by atoms with E-state index in [1.165, 1.54) is 28.5 Å². The maximum absolute atomic E-state index is 4.78. The van der Waals surface area contributed by atoms with Crippen LogP contribution in [-0.4, -0.2) is 16.1 Å². The zero-order valence-corrected chi connectivity index (χ0v) is 11.6. The lowest BCUT2D eigenvalue weighted by atomic mass is 10.0. The molecule has 0 unspecified atom stereocenters. The molecule has 2 heterocycles. The summed E-state index contributed by atoms with van der Waals surface area (Å²) >= 11 is 0. The molecule has 0 atom stereocenters. The van der Waals surface area contributed by atoms with Crippen molar-refractivity contribution < 1.29 is 0 Å². The van der Waals surface area contributed by atoms with Crippen molar-refractivity contribution in [3.63, 3.8) is 0 Å². The third-order valence-electron chi connectivity index (χ3n) is 4.09.